The van der Waals surface area contributed by atoms with Crippen molar-refractivity contribution < 1.29 is 19.1 Å². The molecule has 2 aromatic carbocycles. The Bertz CT molecular complexity index is 673. The minimum Gasteiger partial charge on any atom is -0.422 e. The maximum Gasteiger partial charge on any atom is 0.401 e. The molecule has 1 aliphatic rings. The topological polar surface area (TPSA) is 70.8 Å². The molecule has 1 heterocycles. The summed E-state index contributed by atoms with van der Waals surface area (Å²) in [6.07, 6.45) is 0. The van der Waals surface area contributed by atoms with Crippen LogP contribution in [0.15, 0.2) is 48.5 Å². The van der Waals surface area contributed by atoms with Crippen LogP contribution in [0.4, 0.5) is 5.69 Å². The molecule has 3 rings (SSSR count). The van der Waals surface area contributed by atoms with Crippen LogP contribution in [0.5, 0.6) is 11.5 Å². The molecule has 0 N–H and O–H groups in total. The number of benzene rings is 2. The minimum atomic E-state index is -1.40. The van der Waals surface area contributed by atoms with Gasteiger partial charge >= 0.3 is 5.97 Å². The lowest BCUT2D eigenvalue weighted by molar-refractivity contribution is -0.385. The van der Waals surface area contributed by atoms with Gasteiger partial charge in [0, 0.05) is 6.07 Å². The van der Waals surface area contributed by atoms with Gasteiger partial charge in [-0.2, -0.15) is 0 Å². The van der Waals surface area contributed by atoms with Gasteiger partial charge in [-0.1, -0.05) is 18.2 Å². The number of hydrogen-bond donors (Lipinski definition) is 0. The van der Waals surface area contributed by atoms with Crippen LogP contribution in [0, 0.1) is 10.1 Å². The van der Waals surface area contributed by atoms with Crippen LogP contribution in [-0.4, -0.2) is 11.5 Å². The first-order valence-corrected chi connectivity index (χ1v) is 6.50. The van der Waals surface area contributed by atoms with Gasteiger partial charge in [0.2, 0.25) is 0 Å². The Hall–Kier alpha value is -2.60. The summed E-state index contributed by atoms with van der Waals surface area (Å²) in [6.45, 7) is 2.19. The highest BCUT2D eigenvalue weighted by molar-refractivity contribution is 5.51. The van der Waals surface area contributed by atoms with Crippen LogP contribution in [-0.2, 0) is 10.7 Å². The average molecular weight is 287 g/mol. The van der Waals surface area contributed by atoms with Crippen molar-refractivity contribution in [1.29, 1.82) is 0 Å². The summed E-state index contributed by atoms with van der Waals surface area (Å²) in [5.41, 5.74) is 0.628. The Morgan fingerprint density at radius 2 is 1.86 bits per heavy atom. The number of ether oxygens (including phenoxy) is 3. The molecular formula is C15H13NO5. The molecule has 1 atom stereocenters. The number of nitrogens with zero attached hydrogens (tertiary/aromatic N) is 1. The van der Waals surface area contributed by atoms with Crippen molar-refractivity contribution in [2.24, 2.45) is 0 Å². The summed E-state index contributed by atoms with van der Waals surface area (Å²) in [5, 5.41) is 10.8. The third kappa shape index (κ3) is 2.30. The van der Waals surface area contributed by atoms with Gasteiger partial charge in [0.15, 0.2) is 11.5 Å². The summed E-state index contributed by atoms with van der Waals surface area (Å²) >= 11 is 0. The zero-order valence-electron chi connectivity index (χ0n) is 11.3. The normalized spacial score (nSPS) is 19.5. The van der Waals surface area contributed by atoms with Crippen molar-refractivity contribution in [3.8, 4) is 11.5 Å². The van der Waals surface area contributed by atoms with Gasteiger partial charge in [-0.3, -0.25) is 10.1 Å². The van der Waals surface area contributed by atoms with Crippen molar-refractivity contribution in [3.63, 3.8) is 0 Å². The average Bonchev–Trinajstić information content (AvgIpc) is 2.87. The second kappa shape index (κ2) is 5.06. The van der Waals surface area contributed by atoms with Crippen LogP contribution in [0.1, 0.15) is 12.5 Å². The van der Waals surface area contributed by atoms with E-state index in [9.17, 15) is 10.1 Å². The zero-order chi connectivity index (χ0) is 14.9. The van der Waals surface area contributed by atoms with E-state index in [1.807, 2.05) is 37.3 Å². The molecule has 21 heavy (non-hydrogen) atoms. The van der Waals surface area contributed by atoms with E-state index in [0.717, 1.165) is 0 Å². The molecule has 6 nitrogen and oxygen atoms in total. The largest absolute Gasteiger partial charge is 0.422 e. The molecule has 0 aromatic heterocycles. The summed E-state index contributed by atoms with van der Waals surface area (Å²) in [7, 11) is 0. The van der Waals surface area contributed by atoms with Crippen molar-refractivity contribution in [3.05, 3.63) is 64.2 Å². The summed E-state index contributed by atoms with van der Waals surface area (Å²) in [6, 6.07) is 13.4. The number of nitro benzene ring substituents is 1. The number of fused-ring (bicyclic) bond motifs is 1. The molecule has 6 heteroatoms. The maximum atomic E-state index is 10.8. The lowest BCUT2D eigenvalue weighted by Gasteiger charge is -2.26. The first-order chi connectivity index (χ1) is 10.1. The highest BCUT2D eigenvalue weighted by atomic mass is 16.9. The van der Waals surface area contributed by atoms with E-state index in [1.165, 1.54) is 18.2 Å². The smallest absolute Gasteiger partial charge is 0.401 e. The molecule has 2 aromatic rings. The fourth-order valence-corrected chi connectivity index (χ4v) is 2.18. The summed E-state index contributed by atoms with van der Waals surface area (Å²) in [4.78, 5) is 10.4. The monoisotopic (exact) mass is 287 g/mol. The van der Waals surface area contributed by atoms with E-state index in [-0.39, 0.29) is 5.69 Å². The quantitative estimate of drug-likeness (QED) is 0.638. The van der Waals surface area contributed by atoms with E-state index in [4.69, 9.17) is 14.2 Å². The van der Waals surface area contributed by atoms with Crippen LogP contribution in [0.2, 0.25) is 0 Å². The van der Waals surface area contributed by atoms with E-state index in [0.29, 0.717) is 23.7 Å². The molecule has 0 aliphatic carbocycles. The molecule has 0 amide bonds. The summed E-state index contributed by atoms with van der Waals surface area (Å²) in [5.74, 6) is -0.687. The Balaban J connectivity index is 2.01. The van der Waals surface area contributed by atoms with Gasteiger partial charge in [0.05, 0.1) is 23.2 Å². The fraction of sp³-hybridized carbons (Fsp3) is 0.200. The first kappa shape index (κ1) is 13.4. The van der Waals surface area contributed by atoms with E-state index < -0.39 is 10.9 Å². The number of rotatable bonds is 4. The van der Waals surface area contributed by atoms with E-state index in [2.05, 4.69) is 0 Å². The molecule has 0 saturated carbocycles. The second-order valence-electron chi connectivity index (χ2n) is 4.45. The van der Waals surface area contributed by atoms with Crippen LogP contribution < -0.4 is 9.47 Å². The molecule has 0 spiro atoms. The van der Waals surface area contributed by atoms with Crippen LogP contribution >= 0.6 is 0 Å². The molecule has 1 aliphatic heterocycles. The minimum absolute atomic E-state index is 0.0577. The van der Waals surface area contributed by atoms with Crippen LogP contribution in [0.25, 0.3) is 0 Å². The van der Waals surface area contributed by atoms with Gasteiger partial charge < -0.3 is 14.2 Å². The first-order valence-electron chi connectivity index (χ1n) is 6.50. The van der Waals surface area contributed by atoms with Crippen molar-refractivity contribution >= 4 is 5.69 Å². The molecule has 1 unspecified atom stereocenters. The number of hydrogen-bond acceptors (Lipinski definition) is 5. The standard InChI is InChI=1S/C15H13NO5/c1-2-19-15(11-6-4-3-5-7-11)20-13-9-8-12(16(17)18)10-14(13)21-15/h3-10H,2H2,1H3. The molecule has 0 radical (unpaired) electrons. The second-order valence-corrected chi connectivity index (χ2v) is 4.45. The third-order valence-corrected chi connectivity index (χ3v) is 3.09. The summed E-state index contributed by atoms with van der Waals surface area (Å²) < 4.78 is 17.2. The highest BCUT2D eigenvalue weighted by Crippen LogP contribution is 2.46. The Morgan fingerprint density at radius 1 is 1.14 bits per heavy atom. The van der Waals surface area contributed by atoms with Gasteiger partial charge in [0.1, 0.15) is 0 Å². The van der Waals surface area contributed by atoms with E-state index in [1.54, 1.807) is 0 Å². The SMILES string of the molecule is CCOC1(c2ccccc2)Oc2ccc([N+](=O)[O-])cc2O1. The predicted octanol–water partition coefficient (Wildman–Crippen LogP) is 3.21. The lowest BCUT2D eigenvalue weighted by Crippen LogP contribution is -2.38. The van der Waals surface area contributed by atoms with Gasteiger partial charge in [0.25, 0.3) is 5.69 Å². The predicted molar refractivity (Wildman–Crippen MR) is 74.1 cm³/mol. The molecular weight excluding hydrogens is 274 g/mol. The molecule has 0 fully saturated rings. The molecule has 0 bridgehead atoms. The van der Waals surface area contributed by atoms with Crippen LogP contribution in [0.3, 0.4) is 0 Å². The lowest BCUT2D eigenvalue weighted by atomic mass is 10.2. The maximum absolute atomic E-state index is 10.8. The third-order valence-electron chi connectivity index (χ3n) is 3.09. The van der Waals surface area contributed by atoms with E-state index >= 15 is 0 Å². The van der Waals surface area contributed by atoms with Crippen molar-refractivity contribution in [2.75, 3.05) is 6.61 Å². The Labute approximate surface area is 121 Å². The molecule has 0 saturated heterocycles. The highest BCUT2D eigenvalue weighted by Gasteiger charge is 2.45. The number of non-ortho nitro benzene ring substituents is 1. The van der Waals surface area contributed by atoms with Gasteiger partial charge in [-0.25, -0.2) is 0 Å². The zero-order valence-corrected chi connectivity index (χ0v) is 11.3. The molecule has 108 valence electrons. The van der Waals surface area contributed by atoms with Gasteiger partial charge in [-0.05, 0) is 25.1 Å². The van der Waals surface area contributed by atoms with Gasteiger partial charge in [-0.15, -0.1) is 0 Å². The fourth-order valence-electron chi connectivity index (χ4n) is 2.18. The van der Waals surface area contributed by atoms with Crippen molar-refractivity contribution in [2.45, 2.75) is 12.9 Å². The Kier molecular flexibility index (Phi) is 3.23. The number of nitro groups is 1. The van der Waals surface area contributed by atoms with Crippen molar-refractivity contribution in [1.82, 2.24) is 0 Å². The Morgan fingerprint density at radius 3 is 2.52 bits per heavy atom.